The Bertz CT molecular complexity index is 839. The summed E-state index contributed by atoms with van der Waals surface area (Å²) in [4.78, 5) is 12.3. The monoisotopic (exact) mass is 339 g/mol. The number of amides is 1. The molecule has 1 N–H and O–H groups in total. The van der Waals surface area contributed by atoms with E-state index in [4.69, 9.17) is 0 Å². The molecule has 5 heteroatoms. The summed E-state index contributed by atoms with van der Waals surface area (Å²) in [5.41, 5.74) is 0.996. The van der Waals surface area contributed by atoms with Crippen LogP contribution in [-0.2, 0) is 11.2 Å². The topological polar surface area (TPSA) is 54.9 Å². The Morgan fingerprint density at radius 3 is 2.58 bits per heavy atom. The summed E-state index contributed by atoms with van der Waals surface area (Å²) in [6.07, 6.45) is 2.41. The number of nitrogens with zero attached hydrogens (tertiary/aromatic N) is 2. The van der Waals surface area contributed by atoms with Gasteiger partial charge >= 0.3 is 0 Å². The molecule has 0 unspecified atom stereocenters. The van der Waals surface area contributed by atoms with Crippen molar-refractivity contribution in [1.29, 1.82) is 0 Å². The molecule has 0 radical (unpaired) electrons. The lowest BCUT2D eigenvalue weighted by molar-refractivity contribution is -0.115. The van der Waals surface area contributed by atoms with E-state index in [1.54, 1.807) is 0 Å². The molecular weight excluding hydrogens is 318 g/mol. The molecule has 1 amide bonds. The van der Waals surface area contributed by atoms with Crippen LogP contribution in [0.3, 0.4) is 0 Å². The number of carbonyl (C=O) groups is 1. The highest BCUT2D eigenvalue weighted by Gasteiger charge is 2.14. The van der Waals surface area contributed by atoms with Gasteiger partial charge in [0.1, 0.15) is 5.01 Å². The third-order valence-corrected chi connectivity index (χ3v) is 5.20. The molecule has 3 rings (SSSR count). The zero-order valence-corrected chi connectivity index (χ0v) is 14.8. The van der Waals surface area contributed by atoms with Gasteiger partial charge in [0.25, 0.3) is 0 Å². The lowest BCUT2D eigenvalue weighted by Crippen LogP contribution is -2.14. The smallest absolute Gasteiger partial charge is 0.230 e. The number of benzene rings is 2. The number of carbonyl (C=O) groups excluding carboxylic acids is 1. The van der Waals surface area contributed by atoms with Gasteiger partial charge in [0, 0.05) is 5.92 Å². The molecule has 0 aliphatic carbocycles. The summed E-state index contributed by atoms with van der Waals surface area (Å²) in [5.74, 6) is 0.367. The van der Waals surface area contributed by atoms with Crippen molar-refractivity contribution in [2.75, 3.05) is 5.32 Å². The van der Waals surface area contributed by atoms with Crippen molar-refractivity contribution in [2.24, 2.45) is 0 Å². The Balaban J connectivity index is 1.66. The Morgan fingerprint density at radius 1 is 1.08 bits per heavy atom. The third-order valence-electron chi connectivity index (χ3n) is 4.20. The van der Waals surface area contributed by atoms with Crippen LogP contribution in [0.25, 0.3) is 10.8 Å². The van der Waals surface area contributed by atoms with Gasteiger partial charge in [-0.15, -0.1) is 10.2 Å². The maximum atomic E-state index is 12.3. The largest absolute Gasteiger partial charge is 0.300 e. The molecule has 0 bridgehead atoms. The minimum Gasteiger partial charge on any atom is -0.300 e. The summed E-state index contributed by atoms with van der Waals surface area (Å²) >= 11 is 1.48. The Kier molecular flexibility index (Phi) is 5.20. The predicted molar refractivity (Wildman–Crippen MR) is 99.5 cm³/mol. The van der Waals surface area contributed by atoms with Gasteiger partial charge in [-0.25, -0.2) is 0 Å². The van der Waals surface area contributed by atoms with Crippen molar-refractivity contribution in [1.82, 2.24) is 10.2 Å². The molecule has 0 spiro atoms. The Labute approximate surface area is 145 Å². The second kappa shape index (κ2) is 7.53. The molecule has 3 aromatic rings. The van der Waals surface area contributed by atoms with Crippen LogP contribution in [0.1, 0.15) is 43.2 Å². The molecule has 1 aromatic heterocycles. The van der Waals surface area contributed by atoms with Gasteiger partial charge in [-0.05, 0) is 29.2 Å². The van der Waals surface area contributed by atoms with E-state index >= 15 is 0 Å². The lowest BCUT2D eigenvalue weighted by atomic mass is 10.1. The molecule has 0 aliphatic heterocycles. The molecule has 0 fully saturated rings. The highest BCUT2D eigenvalue weighted by Crippen LogP contribution is 2.28. The molecule has 2 aromatic carbocycles. The second-order valence-corrected chi connectivity index (χ2v) is 6.87. The maximum Gasteiger partial charge on any atom is 0.230 e. The van der Waals surface area contributed by atoms with Gasteiger partial charge in [0.15, 0.2) is 0 Å². The molecule has 4 nitrogen and oxygen atoms in total. The number of fused-ring (bicyclic) bond motifs is 1. The first-order chi connectivity index (χ1) is 11.7. The minimum atomic E-state index is -0.0578. The first kappa shape index (κ1) is 16.6. The molecule has 0 atom stereocenters. The fraction of sp³-hybridized carbons (Fsp3) is 0.316. The first-order valence-corrected chi connectivity index (χ1v) is 9.12. The van der Waals surface area contributed by atoms with Crippen LogP contribution in [0.2, 0.25) is 0 Å². The zero-order chi connectivity index (χ0) is 16.9. The van der Waals surface area contributed by atoms with Crippen molar-refractivity contribution in [3.63, 3.8) is 0 Å². The quantitative estimate of drug-likeness (QED) is 0.703. The van der Waals surface area contributed by atoms with Crippen LogP contribution in [0.4, 0.5) is 5.13 Å². The van der Waals surface area contributed by atoms with Crippen LogP contribution >= 0.6 is 11.3 Å². The van der Waals surface area contributed by atoms with E-state index in [1.807, 2.05) is 24.3 Å². The summed E-state index contributed by atoms with van der Waals surface area (Å²) < 4.78 is 0. The lowest BCUT2D eigenvalue weighted by Gasteiger charge is -2.06. The first-order valence-electron chi connectivity index (χ1n) is 8.30. The summed E-state index contributed by atoms with van der Waals surface area (Å²) in [6, 6.07) is 14.3. The average Bonchev–Trinajstić information content (AvgIpc) is 3.04. The van der Waals surface area contributed by atoms with E-state index in [-0.39, 0.29) is 5.91 Å². The number of hydrogen-bond donors (Lipinski definition) is 1. The minimum absolute atomic E-state index is 0.0578. The fourth-order valence-electron chi connectivity index (χ4n) is 2.79. The number of aromatic nitrogens is 2. The summed E-state index contributed by atoms with van der Waals surface area (Å²) in [7, 11) is 0. The number of rotatable bonds is 6. The van der Waals surface area contributed by atoms with E-state index < -0.39 is 0 Å². The van der Waals surface area contributed by atoms with Gasteiger partial charge in [-0.1, -0.05) is 67.6 Å². The van der Waals surface area contributed by atoms with Crippen molar-refractivity contribution in [3.8, 4) is 0 Å². The van der Waals surface area contributed by atoms with Crippen molar-refractivity contribution < 1.29 is 4.79 Å². The molecule has 0 saturated carbocycles. The highest BCUT2D eigenvalue weighted by atomic mass is 32.1. The van der Waals surface area contributed by atoms with Gasteiger partial charge < -0.3 is 5.32 Å². The molecule has 24 heavy (non-hydrogen) atoms. The molecule has 0 aliphatic rings. The Morgan fingerprint density at radius 2 is 1.83 bits per heavy atom. The molecule has 0 saturated heterocycles. The Hall–Kier alpha value is -2.27. The van der Waals surface area contributed by atoms with Crippen LogP contribution in [0.15, 0.2) is 42.5 Å². The predicted octanol–water partition coefficient (Wildman–Crippen LogP) is 4.78. The SMILES string of the molecule is CCC(CC)c1nnc(NC(=O)Cc2ccc3ccccc3c2)s1. The van der Waals surface area contributed by atoms with E-state index in [0.29, 0.717) is 17.5 Å². The standard InChI is InChI=1S/C19H21N3OS/c1-3-14(4-2)18-21-22-19(24-18)20-17(23)12-13-9-10-15-7-5-6-8-16(15)11-13/h5-11,14H,3-4,12H2,1-2H3,(H,20,22,23). The van der Waals surface area contributed by atoms with Gasteiger partial charge in [0.2, 0.25) is 11.0 Å². The number of nitrogens with one attached hydrogen (secondary N) is 1. The average molecular weight is 339 g/mol. The van der Waals surface area contributed by atoms with E-state index in [9.17, 15) is 4.79 Å². The molecule has 124 valence electrons. The summed E-state index contributed by atoms with van der Waals surface area (Å²) in [5, 5.41) is 15.1. The van der Waals surface area contributed by atoms with Crippen molar-refractivity contribution in [3.05, 3.63) is 53.0 Å². The van der Waals surface area contributed by atoms with Crippen molar-refractivity contribution >= 4 is 33.1 Å². The second-order valence-electron chi connectivity index (χ2n) is 5.87. The third kappa shape index (κ3) is 3.79. The van der Waals surface area contributed by atoms with Gasteiger partial charge in [-0.3, -0.25) is 4.79 Å². The van der Waals surface area contributed by atoms with Crippen molar-refractivity contribution in [2.45, 2.75) is 39.0 Å². The maximum absolute atomic E-state index is 12.3. The highest BCUT2D eigenvalue weighted by molar-refractivity contribution is 7.15. The number of anilines is 1. The van der Waals surface area contributed by atoms with E-state index in [2.05, 4.69) is 47.6 Å². The van der Waals surface area contributed by atoms with Crippen LogP contribution in [0.5, 0.6) is 0 Å². The zero-order valence-electron chi connectivity index (χ0n) is 14.0. The van der Waals surface area contributed by atoms with Gasteiger partial charge in [0.05, 0.1) is 6.42 Å². The molecular formula is C19H21N3OS. The van der Waals surface area contributed by atoms with E-state index in [1.165, 1.54) is 16.7 Å². The van der Waals surface area contributed by atoms with Crippen LogP contribution in [-0.4, -0.2) is 16.1 Å². The van der Waals surface area contributed by atoms with Crippen LogP contribution < -0.4 is 5.32 Å². The summed E-state index contributed by atoms with van der Waals surface area (Å²) in [6.45, 7) is 4.29. The van der Waals surface area contributed by atoms with E-state index in [0.717, 1.165) is 28.8 Å². The fourth-order valence-corrected chi connectivity index (χ4v) is 3.81. The van der Waals surface area contributed by atoms with Crippen LogP contribution in [0, 0.1) is 0 Å². The number of hydrogen-bond acceptors (Lipinski definition) is 4. The van der Waals surface area contributed by atoms with Gasteiger partial charge in [-0.2, -0.15) is 0 Å². The molecule has 1 heterocycles. The normalized spacial score (nSPS) is 11.1.